The molecule has 0 spiro atoms. The Bertz CT molecular complexity index is 307. The fourth-order valence-electron chi connectivity index (χ4n) is 2.12. The third kappa shape index (κ3) is 5.57. The summed E-state index contributed by atoms with van der Waals surface area (Å²) in [5, 5.41) is 11.9. The van der Waals surface area contributed by atoms with E-state index in [4.69, 9.17) is 9.84 Å². The summed E-state index contributed by atoms with van der Waals surface area (Å²) in [6.45, 7) is 3.79. The molecule has 1 aliphatic heterocycles. The second kappa shape index (κ2) is 8.12. The minimum absolute atomic E-state index is 0.0150. The van der Waals surface area contributed by atoms with E-state index in [0.717, 1.165) is 6.42 Å². The van der Waals surface area contributed by atoms with Crippen LogP contribution in [0.1, 0.15) is 26.2 Å². The van der Waals surface area contributed by atoms with E-state index >= 15 is 0 Å². The highest BCUT2D eigenvalue weighted by atomic mass is 16.5. The van der Waals surface area contributed by atoms with Gasteiger partial charge in [-0.15, -0.1) is 0 Å². The van der Waals surface area contributed by atoms with Gasteiger partial charge in [0, 0.05) is 33.2 Å². The quantitative estimate of drug-likeness (QED) is 0.598. The normalized spacial score (nSPS) is 20.7. The number of nitrogens with one attached hydrogen (secondary N) is 1. The Morgan fingerprint density at radius 1 is 1.63 bits per heavy atom. The number of rotatable bonds is 8. The molecule has 2 N–H and O–H groups in total. The molecule has 19 heavy (non-hydrogen) atoms. The maximum atomic E-state index is 11.9. The number of methoxy groups -OCH3 is 1. The number of carbonyl (C=O) groups excluding carboxylic acids is 2. The lowest BCUT2D eigenvalue weighted by Gasteiger charge is -2.15. The van der Waals surface area contributed by atoms with Crippen molar-refractivity contribution in [3.63, 3.8) is 0 Å². The van der Waals surface area contributed by atoms with Crippen molar-refractivity contribution in [3.05, 3.63) is 0 Å². The number of hydrogen-bond donors (Lipinski definition) is 2. The van der Waals surface area contributed by atoms with Crippen LogP contribution in [-0.2, 0) is 14.3 Å². The van der Waals surface area contributed by atoms with E-state index < -0.39 is 0 Å². The van der Waals surface area contributed by atoms with Crippen molar-refractivity contribution in [1.29, 1.82) is 0 Å². The van der Waals surface area contributed by atoms with E-state index in [9.17, 15) is 9.59 Å². The molecule has 1 heterocycles. The van der Waals surface area contributed by atoms with Gasteiger partial charge in [-0.05, 0) is 19.8 Å². The van der Waals surface area contributed by atoms with E-state index in [1.165, 1.54) is 0 Å². The number of ether oxygens (including phenoxy) is 1. The zero-order chi connectivity index (χ0) is 14.3. The number of carbonyl (C=O) groups is 2. The van der Waals surface area contributed by atoms with Gasteiger partial charge in [-0.25, -0.2) is 0 Å². The van der Waals surface area contributed by atoms with Gasteiger partial charge in [0.25, 0.3) is 0 Å². The monoisotopic (exact) mass is 272 g/mol. The summed E-state index contributed by atoms with van der Waals surface area (Å²) < 4.78 is 4.93. The maximum Gasteiger partial charge on any atom is 0.225 e. The summed E-state index contributed by atoms with van der Waals surface area (Å²) in [6, 6.07) is 0. The van der Waals surface area contributed by atoms with Crippen LogP contribution in [0, 0.1) is 5.92 Å². The summed E-state index contributed by atoms with van der Waals surface area (Å²) >= 11 is 0. The zero-order valence-electron chi connectivity index (χ0n) is 11.7. The molecular weight excluding hydrogens is 248 g/mol. The van der Waals surface area contributed by atoms with Crippen LogP contribution in [0.3, 0.4) is 0 Å². The van der Waals surface area contributed by atoms with Crippen LogP contribution in [0.15, 0.2) is 0 Å². The Labute approximate surface area is 114 Å². The molecule has 0 aromatic heterocycles. The third-order valence-corrected chi connectivity index (χ3v) is 3.25. The van der Waals surface area contributed by atoms with Crippen LogP contribution < -0.4 is 5.32 Å². The van der Waals surface area contributed by atoms with E-state index in [0.29, 0.717) is 32.7 Å². The minimum atomic E-state index is -0.338. The topological polar surface area (TPSA) is 78.9 Å². The lowest BCUT2D eigenvalue weighted by Crippen LogP contribution is -2.34. The number of nitrogens with zero attached hydrogens (tertiary/aromatic N) is 1. The smallest absolute Gasteiger partial charge is 0.225 e. The number of amides is 2. The van der Waals surface area contributed by atoms with Crippen molar-refractivity contribution in [2.75, 3.05) is 33.4 Å². The molecule has 1 saturated heterocycles. The molecule has 6 nitrogen and oxygen atoms in total. The third-order valence-electron chi connectivity index (χ3n) is 3.25. The van der Waals surface area contributed by atoms with Gasteiger partial charge in [-0.3, -0.25) is 9.59 Å². The molecule has 1 aliphatic rings. The fourth-order valence-corrected chi connectivity index (χ4v) is 2.12. The highest BCUT2D eigenvalue weighted by Crippen LogP contribution is 2.17. The standard InChI is InChI=1S/C13H24N2O4/c1-10(16)4-3-5-14-13(18)11-8-12(17)15(9-11)6-7-19-2/h10-11,16H,3-9H2,1-2H3,(H,14,18). The second-order valence-corrected chi connectivity index (χ2v) is 5.02. The van der Waals surface area contributed by atoms with Crippen LogP contribution >= 0.6 is 0 Å². The molecule has 0 saturated carbocycles. The van der Waals surface area contributed by atoms with Crippen LogP contribution in [0.25, 0.3) is 0 Å². The Hall–Kier alpha value is -1.14. The molecule has 0 radical (unpaired) electrons. The first kappa shape index (κ1) is 15.9. The van der Waals surface area contributed by atoms with Crippen molar-refractivity contribution < 1.29 is 19.4 Å². The molecule has 110 valence electrons. The average Bonchev–Trinajstić information content (AvgIpc) is 2.73. The van der Waals surface area contributed by atoms with Crippen molar-refractivity contribution >= 4 is 11.8 Å². The zero-order valence-corrected chi connectivity index (χ0v) is 11.7. The van der Waals surface area contributed by atoms with Crippen molar-refractivity contribution in [2.24, 2.45) is 5.92 Å². The Morgan fingerprint density at radius 3 is 3.00 bits per heavy atom. The second-order valence-electron chi connectivity index (χ2n) is 5.02. The summed E-state index contributed by atoms with van der Waals surface area (Å²) in [5.74, 6) is -0.309. The molecule has 1 fully saturated rings. The summed E-state index contributed by atoms with van der Waals surface area (Å²) in [7, 11) is 1.59. The minimum Gasteiger partial charge on any atom is -0.393 e. The molecule has 0 aromatic rings. The van der Waals surface area contributed by atoms with E-state index in [1.807, 2.05) is 0 Å². The first-order valence-electron chi connectivity index (χ1n) is 6.77. The van der Waals surface area contributed by atoms with Gasteiger partial charge < -0.3 is 20.1 Å². The molecule has 2 unspecified atom stereocenters. The molecule has 2 amide bonds. The van der Waals surface area contributed by atoms with Gasteiger partial charge in [0.2, 0.25) is 11.8 Å². The van der Waals surface area contributed by atoms with Crippen molar-refractivity contribution in [2.45, 2.75) is 32.3 Å². The fraction of sp³-hybridized carbons (Fsp3) is 0.846. The lowest BCUT2D eigenvalue weighted by atomic mass is 10.1. The summed E-state index contributed by atoms with van der Waals surface area (Å²) in [6.07, 6.45) is 1.36. The van der Waals surface area contributed by atoms with Crippen molar-refractivity contribution in [3.8, 4) is 0 Å². The first-order chi connectivity index (χ1) is 9.04. The number of hydrogen-bond acceptors (Lipinski definition) is 4. The number of likely N-dealkylation sites (tertiary alicyclic amines) is 1. The van der Waals surface area contributed by atoms with Gasteiger partial charge in [0.15, 0.2) is 0 Å². The Morgan fingerprint density at radius 2 is 2.37 bits per heavy atom. The van der Waals surface area contributed by atoms with Gasteiger partial charge in [0.05, 0.1) is 18.6 Å². The predicted octanol–water partition coefficient (Wildman–Crippen LogP) is -0.241. The first-order valence-corrected chi connectivity index (χ1v) is 6.77. The van der Waals surface area contributed by atoms with Gasteiger partial charge in [0.1, 0.15) is 0 Å². The molecule has 2 atom stereocenters. The molecule has 0 aliphatic carbocycles. The van der Waals surface area contributed by atoms with Crippen LogP contribution in [0.5, 0.6) is 0 Å². The molecule has 0 bridgehead atoms. The van der Waals surface area contributed by atoms with Crippen LogP contribution in [0.2, 0.25) is 0 Å². The van der Waals surface area contributed by atoms with Gasteiger partial charge >= 0.3 is 0 Å². The lowest BCUT2D eigenvalue weighted by molar-refractivity contribution is -0.129. The largest absolute Gasteiger partial charge is 0.393 e. The predicted molar refractivity (Wildman–Crippen MR) is 70.5 cm³/mol. The van der Waals surface area contributed by atoms with Gasteiger partial charge in [-0.2, -0.15) is 0 Å². The SMILES string of the molecule is COCCN1CC(C(=O)NCCCC(C)O)CC1=O. The van der Waals surface area contributed by atoms with Crippen LogP contribution in [0.4, 0.5) is 0 Å². The molecule has 1 rings (SSSR count). The Balaban J connectivity index is 2.25. The number of aliphatic hydroxyl groups is 1. The van der Waals surface area contributed by atoms with E-state index in [2.05, 4.69) is 5.32 Å². The Kier molecular flexibility index (Phi) is 6.80. The molecule has 0 aromatic carbocycles. The highest BCUT2D eigenvalue weighted by Gasteiger charge is 2.33. The van der Waals surface area contributed by atoms with E-state index in [-0.39, 0.29) is 30.3 Å². The maximum absolute atomic E-state index is 11.9. The highest BCUT2D eigenvalue weighted by molar-refractivity contribution is 5.89. The summed E-state index contributed by atoms with van der Waals surface area (Å²) in [5.41, 5.74) is 0. The number of aliphatic hydroxyl groups excluding tert-OH is 1. The summed E-state index contributed by atoms with van der Waals surface area (Å²) in [4.78, 5) is 25.2. The van der Waals surface area contributed by atoms with Gasteiger partial charge in [-0.1, -0.05) is 0 Å². The van der Waals surface area contributed by atoms with Crippen LogP contribution in [-0.4, -0.2) is 61.3 Å². The average molecular weight is 272 g/mol. The molecule has 6 heteroatoms. The van der Waals surface area contributed by atoms with Crippen molar-refractivity contribution in [1.82, 2.24) is 10.2 Å². The van der Waals surface area contributed by atoms with E-state index in [1.54, 1.807) is 18.9 Å². The molecular formula is C13H24N2O4.